The van der Waals surface area contributed by atoms with Crippen LogP contribution in [0, 0.1) is 20.8 Å². The number of H-pyrrole nitrogens is 1. The van der Waals surface area contributed by atoms with Crippen LogP contribution in [0.25, 0.3) is 5.76 Å². The molecule has 8 nitrogen and oxygen atoms in total. The molecule has 0 saturated carbocycles. The number of aryl methyl sites for hydroxylation is 2. The zero-order valence-corrected chi connectivity index (χ0v) is 21.2. The standard InChI is InChI=1S/C27H35N3O5/c1-16-17(2)28-18(3)21(16)24(31)22-23(19-10-9-11-20(34-4)26(19)35-5)30(27(33)25(22)32)15-14-29-12-7-6-8-13-29/h9-11,23,28,31H,6-8,12-15H2,1-5H3/b24-22+. The van der Waals surface area contributed by atoms with Gasteiger partial charge < -0.3 is 29.4 Å². The Kier molecular flexibility index (Phi) is 7.21. The number of nitrogens with zero attached hydrogens (tertiary/aromatic N) is 2. The molecule has 8 heteroatoms. The second kappa shape index (κ2) is 10.2. The number of piperidine rings is 1. The van der Waals surface area contributed by atoms with Crippen molar-refractivity contribution in [1.29, 1.82) is 0 Å². The fraction of sp³-hybridized carbons (Fsp3) is 0.481. The van der Waals surface area contributed by atoms with Crippen LogP contribution >= 0.6 is 0 Å². The Labute approximate surface area is 206 Å². The average Bonchev–Trinajstić information content (AvgIpc) is 3.27. The summed E-state index contributed by atoms with van der Waals surface area (Å²) in [4.78, 5) is 33.9. The number of benzene rings is 1. The molecule has 35 heavy (non-hydrogen) atoms. The molecule has 0 radical (unpaired) electrons. The Hall–Kier alpha value is -3.26. The molecule has 3 heterocycles. The number of aliphatic hydroxyl groups excluding tert-OH is 1. The topological polar surface area (TPSA) is 95.1 Å². The van der Waals surface area contributed by atoms with Gasteiger partial charge in [-0.3, -0.25) is 9.59 Å². The third-order valence-electron chi connectivity index (χ3n) is 7.30. The first-order chi connectivity index (χ1) is 16.8. The molecule has 1 aromatic carbocycles. The Morgan fingerprint density at radius 2 is 1.74 bits per heavy atom. The van der Waals surface area contributed by atoms with Crippen molar-refractivity contribution in [2.45, 2.75) is 46.1 Å². The number of hydrogen-bond donors (Lipinski definition) is 2. The van der Waals surface area contributed by atoms with E-state index >= 15 is 0 Å². The number of methoxy groups -OCH3 is 2. The van der Waals surface area contributed by atoms with Gasteiger partial charge in [0.05, 0.1) is 25.8 Å². The van der Waals surface area contributed by atoms with E-state index in [9.17, 15) is 14.7 Å². The fourth-order valence-electron chi connectivity index (χ4n) is 5.39. The predicted octanol–water partition coefficient (Wildman–Crippen LogP) is 3.86. The van der Waals surface area contributed by atoms with E-state index in [1.807, 2.05) is 26.8 Å². The zero-order chi connectivity index (χ0) is 25.3. The Morgan fingerprint density at radius 1 is 1.03 bits per heavy atom. The van der Waals surface area contributed by atoms with Gasteiger partial charge in [-0.1, -0.05) is 18.6 Å². The number of aromatic amines is 1. The largest absolute Gasteiger partial charge is 0.507 e. The summed E-state index contributed by atoms with van der Waals surface area (Å²) in [5.41, 5.74) is 3.73. The maximum Gasteiger partial charge on any atom is 0.295 e. The number of Topliss-reactive ketones (excluding diaryl/α,β-unsaturated/α-hetero) is 1. The average molecular weight is 482 g/mol. The first-order valence-electron chi connectivity index (χ1n) is 12.2. The van der Waals surface area contributed by atoms with Gasteiger partial charge in [0.15, 0.2) is 11.5 Å². The predicted molar refractivity (Wildman–Crippen MR) is 134 cm³/mol. The van der Waals surface area contributed by atoms with Gasteiger partial charge in [-0.15, -0.1) is 0 Å². The van der Waals surface area contributed by atoms with Gasteiger partial charge in [-0.25, -0.2) is 0 Å². The molecule has 0 bridgehead atoms. The molecule has 1 atom stereocenters. The third kappa shape index (κ3) is 4.43. The van der Waals surface area contributed by atoms with E-state index in [-0.39, 0.29) is 11.3 Å². The normalized spacial score (nSPS) is 20.5. The molecule has 4 rings (SSSR count). The van der Waals surface area contributed by atoms with Crippen LogP contribution in [0.3, 0.4) is 0 Å². The summed E-state index contributed by atoms with van der Waals surface area (Å²) in [6.45, 7) is 8.66. The minimum atomic E-state index is -0.793. The summed E-state index contributed by atoms with van der Waals surface area (Å²) in [7, 11) is 3.08. The number of likely N-dealkylation sites (tertiary alicyclic amines) is 2. The minimum Gasteiger partial charge on any atom is -0.507 e. The second-order valence-electron chi connectivity index (χ2n) is 9.35. The number of ketones is 1. The molecular formula is C27H35N3O5. The quantitative estimate of drug-likeness (QED) is 0.354. The van der Waals surface area contributed by atoms with Crippen LogP contribution in [0.5, 0.6) is 11.5 Å². The molecule has 2 N–H and O–H groups in total. The lowest BCUT2D eigenvalue weighted by Gasteiger charge is -2.31. The third-order valence-corrected chi connectivity index (χ3v) is 7.30. The summed E-state index contributed by atoms with van der Waals surface area (Å²) >= 11 is 0. The van der Waals surface area contributed by atoms with Gasteiger partial charge in [0.1, 0.15) is 5.76 Å². The Bertz CT molecular complexity index is 1160. The molecule has 1 aromatic heterocycles. The monoisotopic (exact) mass is 481 g/mol. The molecular weight excluding hydrogens is 446 g/mol. The van der Waals surface area contributed by atoms with Gasteiger partial charge in [-0.2, -0.15) is 0 Å². The van der Waals surface area contributed by atoms with Crippen molar-refractivity contribution in [3.05, 3.63) is 51.9 Å². The first kappa shape index (κ1) is 24.9. The van der Waals surface area contributed by atoms with Crippen LogP contribution in [0.2, 0.25) is 0 Å². The molecule has 0 spiro atoms. The van der Waals surface area contributed by atoms with Crippen LogP contribution in [-0.2, 0) is 9.59 Å². The maximum absolute atomic E-state index is 13.4. The molecule has 2 fully saturated rings. The van der Waals surface area contributed by atoms with Gasteiger partial charge in [0, 0.05) is 35.6 Å². The number of para-hydroxylation sites is 1. The molecule has 2 aliphatic heterocycles. The van der Waals surface area contributed by atoms with Crippen molar-refractivity contribution in [2.75, 3.05) is 40.4 Å². The van der Waals surface area contributed by atoms with E-state index in [1.54, 1.807) is 24.1 Å². The number of amides is 1. The number of aliphatic hydroxyl groups is 1. The molecule has 2 aliphatic rings. The van der Waals surface area contributed by atoms with E-state index in [0.29, 0.717) is 35.7 Å². The van der Waals surface area contributed by atoms with Gasteiger partial charge in [-0.05, 0) is 58.3 Å². The van der Waals surface area contributed by atoms with Crippen molar-refractivity contribution < 1.29 is 24.2 Å². The maximum atomic E-state index is 13.4. The molecule has 0 aliphatic carbocycles. The molecule has 1 amide bonds. The number of hydrogen-bond acceptors (Lipinski definition) is 6. The van der Waals surface area contributed by atoms with Crippen molar-refractivity contribution in [3.8, 4) is 11.5 Å². The number of ether oxygens (including phenoxy) is 2. The van der Waals surface area contributed by atoms with Gasteiger partial charge in [0.2, 0.25) is 0 Å². The van der Waals surface area contributed by atoms with Crippen LogP contribution < -0.4 is 9.47 Å². The number of nitrogens with one attached hydrogen (secondary N) is 1. The van der Waals surface area contributed by atoms with Gasteiger partial charge in [0.25, 0.3) is 11.7 Å². The minimum absolute atomic E-state index is 0.0744. The highest BCUT2D eigenvalue weighted by atomic mass is 16.5. The highest BCUT2D eigenvalue weighted by Gasteiger charge is 2.47. The lowest BCUT2D eigenvalue weighted by Crippen LogP contribution is -2.40. The van der Waals surface area contributed by atoms with Gasteiger partial charge >= 0.3 is 0 Å². The summed E-state index contributed by atoms with van der Waals surface area (Å²) in [6.07, 6.45) is 3.49. The zero-order valence-electron chi connectivity index (χ0n) is 21.2. The lowest BCUT2D eigenvalue weighted by molar-refractivity contribution is -0.140. The van der Waals surface area contributed by atoms with E-state index < -0.39 is 17.7 Å². The Balaban J connectivity index is 1.86. The second-order valence-corrected chi connectivity index (χ2v) is 9.35. The fourth-order valence-corrected chi connectivity index (χ4v) is 5.39. The summed E-state index contributed by atoms with van der Waals surface area (Å²) < 4.78 is 11.2. The van der Waals surface area contributed by atoms with Crippen LogP contribution in [0.4, 0.5) is 0 Å². The van der Waals surface area contributed by atoms with Crippen LogP contribution in [0.1, 0.15) is 53.4 Å². The molecule has 188 valence electrons. The van der Waals surface area contributed by atoms with E-state index in [0.717, 1.165) is 42.9 Å². The SMILES string of the molecule is COc1cccc(C2/C(=C(\O)c3c(C)[nH]c(C)c3C)C(=O)C(=O)N2CCN2CCCCC2)c1OC. The number of aromatic nitrogens is 1. The number of carbonyl (C=O) groups is 2. The van der Waals surface area contributed by atoms with E-state index in [4.69, 9.17) is 9.47 Å². The Morgan fingerprint density at radius 3 is 2.34 bits per heavy atom. The van der Waals surface area contributed by atoms with E-state index in [1.165, 1.54) is 13.5 Å². The van der Waals surface area contributed by atoms with E-state index in [2.05, 4.69) is 9.88 Å². The number of rotatable bonds is 7. The lowest BCUT2D eigenvalue weighted by atomic mass is 9.93. The first-order valence-corrected chi connectivity index (χ1v) is 12.2. The molecule has 2 saturated heterocycles. The summed E-state index contributed by atoms with van der Waals surface area (Å²) in [6, 6.07) is 4.60. The van der Waals surface area contributed by atoms with Crippen molar-refractivity contribution in [2.24, 2.45) is 0 Å². The highest BCUT2D eigenvalue weighted by Crippen LogP contribution is 2.46. The van der Waals surface area contributed by atoms with Crippen molar-refractivity contribution >= 4 is 17.4 Å². The van der Waals surface area contributed by atoms with Crippen LogP contribution in [0.15, 0.2) is 23.8 Å². The molecule has 2 aromatic rings. The highest BCUT2D eigenvalue weighted by molar-refractivity contribution is 6.46. The summed E-state index contributed by atoms with van der Waals surface area (Å²) in [5.74, 6) is -0.529. The summed E-state index contributed by atoms with van der Waals surface area (Å²) in [5, 5.41) is 11.5. The van der Waals surface area contributed by atoms with Crippen LogP contribution in [-0.4, -0.2) is 72.0 Å². The number of carbonyl (C=O) groups excluding carboxylic acids is 2. The van der Waals surface area contributed by atoms with Crippen molar-refractivity contribution in [3.63, 3.8) is 0 Å². The molecule has 1 unspecified atom stereocenters. The smallest absolute Gasteiger partial charge is 0.295 e. The van der Waals surface area contributed by atoms with Crippen molar-refractivity contribution in [1.82, 2.24) is 14.8 Å².